The minimum absolute atomic E-state index is 0.00387. The van der Waals surface area contributed by atoms with Gasteiger partial charge in [-0.1, -0.05) is 67.9 Å². The molecule has 0 fully saturated rings. The molecule has 0 aliphatic carbocycles. The highest BCUT2D eigenvalue weighted by Gasteiger charge is 2.18. The summed E-state index contributed by atoms with van der Waals surface area (Å²) in [6.45, 7) is 4.98. The summed E-state index contributed by atoms with van der Waals surface area (Å²) >= 11 is 0. The van der Waals surface area contributed by atoms with E-state index in [1.807, 2.05) is 77.7 Å². The van der Waals surface area contributed by atoms with Crippen LogP contribution in [0.15, 0.2) is 72.8 Å². The van der Waals surface area contributed by atoms with Gasteiger partial charge in [0, 0.05) is 50.3 Å². The van der Waals surface area contributed by atoms with Crippen molar-refractivity contribution >= 4 is 28.7 Å². The molecule has 0 radical (unpaired) electrons. The number of carbonyl (C=O) groups excluding carboxylic acids is 2. The predicted octanol–water partition coefficient (Wildman–Crippen LogP) is 4.06. The Bertz CT molecular complexity index is 1510. The van der Waals surface area contributed by atoms with Crippen molar-refractivity contribution in [3.8, 4) is 0 Å². The van der Waals surface area contributed by atoms with Crippen LogP contribution in [0.2, 0.25) is 0 Å². The highest BCUT2D eigenvalue weighted by atomic mass is 16.2. The van der Waals surface area contributed by atoms with Crippen LogP contribution in [0, 0.1) is 5.41 Å². The number of amides is 2. The molecule has 0 saturated carbocycles. The Hall–Kier alpha value is -4.50. The van der Waals surface area contributed by atoms with E-state index in [4.69, 9.17) is 21.9 Å². The summed E-state index contributed by atoms with van der Waals surface area (Å²) in [7, 11) is 0. The number of nitrogen functional groups attached to an aromatic ring is 1. The van der Waals surface area contributed by atoms with Gasteiger partial charge in [0.1, 0.15) is 11.7 Å². The SMILES string of the molecule is CCCCN(CCN)C(=O)c1ccc2c(c1)nc(CCc1ccc(C(=N)N)cc1)n2CCCNC(=O)Cc1ccccc1. The number of rotatable bonds is 16. The average molecular weight is 582 g/mol. The quantitative estimate of drug-likeness (QED) is 0.0897. The summed E-state index contributed by atoms with van der Waals surface area (Å²) in [5.41, 5.74) is 16.6. The number of carbonyl (C=O) groups is 2. The predicted molar refractivity (Wildman–Crippen MR) is 172 cm³/mol. The van der Waals surface area contributed by atoms with Crippen LogP contribution in [-0.4, -0.2) is 58.3 Å². The maximum atomic E-state index is 13.3. The molecule has 0 atom stereocenters. The molecule has 0 aliphatic heterocycles. The number of hydrogen-bond acceptors (Lipinski definition) is 5. The van der Waals surface area contributed by atoms with Crippen LogP contribution in [0.4, 0.5) is 0 Å². The highest BCUT2D eigenvalue weighted by Crippen LogP contribution is 2.21. The van der Waals surface area contributed by atoms with Crippen LogP contribution in [-0.2, 0) is 30.6 Å². The second-order valence-electron chi connectivity index (χ2n) is 10.8. The van der Waals surface area contributed by atoms with Gasteiger partial charge in [-0.15, -0.1) is 0 Å². The first-order valence-electron chi connectivity index (χ1n) is 15.1. The van der Waals surface area contributed by atoms with Crippen LogP contribution >= 0.6 is 0 Å². The number of nitrogens with zero attached hydrogens (tertiary/aromatic N) is 3. The summed E-state index contributed by atoms with van der Waals surface area (Å²) < 4.78 is 2.20. The third-order valence-corrected chi connectivity index (χ3v) is 7.53. The Morgan fingerprint density at radius 2 is 1.67 bits per heavy atom. The molecule has 3 aromatic carbocycles. The van der Waals surface area contributed by atoms with Crippen molar-refractivity contribution in [1.29, 1.82) is 5.41 Å². The van der Waals surface area contributed by atoms with Gasteiger partial charge in [-0.05, 0) is 48.6 Å². The molecule has 1 heterocycles. The molecule has 43 heavy (non-hydrogen) atoms. The van der Waals surface area contributed by atoms with Gasteiger partial charge >= 0.3 is 0 Å². The molecule has 0 spiro atoms. The number of unbranched alkanes of at least 4 members (excludes halogenated alkanes) is 1. The minimum atomic E-state index is -0.0245. The number of amidine groups is 1. The van der Waals surface area contributed by atoms with Crippen LogP contribution in [0.3, 0.4) is 0 Å². The molecule has 0 bridgehead atoms. The van der Waals surface area contributed by atoms with Gasteiger partial charge < -0.3 is 26.3 Å². The number of nitrogens with one attached hydrogen (secondary N) is 2. The number of imidazole rings is 1. The van der Waals surface area contributed by atoms with Gasteiger partial charge in [-0.3, -0.25) is 15.0 Å². The molecule has 9 heteroatoms. The number of nitrogens with two attached hydrogens (primary N) is 2. The maximum Gasteiger partial charge on any atom is 0.253 e. The molecule has 4 aromatic rings. The van der Waals surface area contributed by atoms with Gasteiger partial charge in [0.25, 0.3) is 5.91 Å². The normalized spacial score (nSPS) is 11.0. The topological polar surface area (TPSA) is 143 Å². The smallest absolute Gasteiger partial charge is 0.253 e. The average Bonchev–Trinajstić information content (AvgIpc) is 3.37. The molecular formula is C34H43N7O2. The van der Waals surface area contributed by atoms with Crippen molar-refractivity contribution in [3.63, 3.8) is 0 Å². The van der Waals surface area contributed by atoms with E-state index in [1.165, 1.54) is 0 Å². The number of aryl methyl sites for hydroxylation is 3. The first-order valence-corrected chi connectivity index (χ1v) is 15.1. The lowest BCUT2D eigenvalue weighted by atomic mass is 10.1. The molecule has 6 N–H and O–H groups in total. The molecule has 0 aliphatic rings. The molecule has 226 valence electrons. The Kier molecular flexibility index (Phi) is 11.4. The van der Waals surface area contributed by atoms with E-state index in [1.54, 1.807) is 0 Å². The van der Waals surface area contributed by atoms with Gasteiger partial charge in [0.15, 0.2) is 0 Å². The van der Waals surface area contributed by atoms with Crippen LogP contribution in [0.5, 0.6) is 0 Å². The number of aromatic nitrogens is 2. The minimum Gasteiger partial charge on any atom is -0.384 e. The van der Waals surface area contributed by atoms with Crippen molar-refractivity contribution in [1.82, 2.24) is 19.8 Å². The summed E-state index contributed by atoms with van der Waals surface area (Å²) in [5, 5.41) is 10.7. The molecular weight excluding hydrogens is 538 g/mol. The van der Waals surface area contributed by atoms with Crippen molar-refractivity contribution in [2.75, 3.05) is 26.2 Å². The lowest BCUT2D eigenvalue weighted by molar-refractivity contribution is -0.120. The van der Waals surface area contributed by atoms with Crippen LogP contribution in [0.1, 0.15) is 59.1 Å². The molecule has 2 amide bonds. The van der Waals surface area contributed by atoms with Gasteiger partial charge in [0.2, 0.25) is 5.91 Å². The van der Waals surface area contributed by atoms with E-state index in [2.05, 4.69) is 16.8 Å². The van der Waals surface area contributed by atoms with Gasteiger partial charge in [0.05, 0.1) is 17.5 Å². The van der Waals surface area contributed by atoms with Crippen molar-refractivity contribution in [2.45, 2.75) is 52.0 Å². The summed E-state index contributed by atoms with van der Waals surface area (Å²) in [6.07, 6.45) is 4.51. The van der Waals surface area contributed by atoms with Gasteiger partial charge in [-0.25, -0.2) is 4.98 Å². The molecule has 0 unspecified atom stereocenters. The first-order chi connectivity index (χ1) is 20.9. The monoisotopic (exact) mass is 581 g/mol. The van der Waals surface area contributed by atoms with Crippen molar-refractivity contribution < 1.29 is 9.59 Å². The molecule has 9 nitrogen and oxygen atoms in total. The first kappa shape index (κ1) is 31.4. The highest BCUT2D eigenvalue weighted by molar-refractivity contribution is 5.97. The molecule has 1 aromatic heterocycles. The zero-order valence-corrected chi connectivity index (χ0v) is 25.0. The van der Waals surface area contributed by atoms with E-state index < -0.39 is 0 Å². The second-order valence-corrected chi connectivity index (χ2v) is 10.8. The van der Waals surface area contributed by atoms with Crippen molar-refractivity contribution in [3.05, 3.63) is 101 Å². The fourth-order valence-corrected chi connectivity index (χ4v) is 5.17. The number of benzene rings is 3. The molecule has 0 saturated heterocycles. The number of fused-ring (bicyclic) bond motifs is 1. The Balaban J connectivity index is 1.50. The van der Waals surface area contributed by atoms with Crippen LogP contribution in [0.25, 0.3) is 11.0 Å². The second kappa shape index (κ2) is 15.7. The Labute approximate surface area is 253 Å². The fraction of sp³-hybridized carbons (Fsp3) is 0.353. The zero-order valence-electron chi connectivity index (χ0n) is 25.0. The largest absolute Gasteiger partial charge is 0.384 e. The van der Waals surface area contributed by atoms with E-state index in [0.29, 0.717) is 56.7 Å². The summed E-state index contributed by atoms with van der Waals surface area (Å²) in [5.74, 6) is 0.956. The Morgan fingerprint density at radius 3 is 2.37 bits per heavy atom. The van der Waals surface area contributed by atoms with Gasteiger partial charge in [-0.2, -0.15) is 0 Å². The van der Waals surface area contributed by atoms with Crippen molar-refractivity contribution in [2.24, 2.45) is 11.5 Å². The third-order valence-electron chi connectivity index (χ3n) is 7.53. The summed E-state index contributed by atoms with van der Waals surface area (Å²) in [6, 6.07) is 23.2. The third kappa shape index (κ3) is 8.75. The lowest BCUT2D eigenvalue weighted by Gasteiger charge is -2.22. The fourth-order valence-electron chi connectivity index (χ4n) is 5.17. The van der Waals surface area contributed by atoms with E-state index in [0.717, 1.165) is 53.7 Å². The van der Waals surface area contributed by atoms with E-state index in [-0.39, 0.29) is 17.6 Å². The van der Waals surface area contributed by atoms with Crippen LogP contribution < -0.4 is 16.8 Å². The zero-order chi connectivity index (χ0) is 30.6. The molecule has 4 rings (SSSR count). The maximum absolute atomic E-state index is 13.3. The summed E-state index contributed by atoms with van der Waals surface area (Å²) in [4.78, 5) is 32.6. The Morgan fingerprint density at radius 1 is 0.930 bits per heavy atom. The number of hydrogen-bond donors (Lipinski definition) is 4. The standard InChI is InChI=1S/C34H43N7O2/c1-2-3-20-40(22-18-35)34(43)28-15-16-30-29(24-28)39-31(17-12-25-10-13-27(14-11-25)33(36)37)41(30)21-7-19-38-32(42)23-26-8-5-4-6-9-26/h4-6,8-11,13-16,24H,2-3,7,12,17-23,35H2,1H3,(H3,36,37)(H,38,42). The van der Waals surface area contributed by atoms with E-state index in [9.17, 15) is 9.59 Å². The van der Waals surface area contributed by atoms with E-state index >= 15 is 0 Å². The lowest BCUT2D eigenvalue weighted by Crippen LogP contribution is -2.36.